The van der Waals surface area contributed by atoms with Crippen LogP contribution in [0.3, 0.4) is 0 Å². The summed E-state index contributed by atoms with van der Waals surface area (Å²) in [6.45, 7) is 1.96. The molecule has 0 aliphatic carbocycles. The van der Waals surface area contributed by atoms with Gasteiger partial charge in [-0.2, -0.15) is 0 Å². The monoisotopic (exact) mass is 351 g/mol. The molecule has 1 N–H and O–H groups in total. The Morgan fingerprint density at radius 3 is 2.26 bits per heavy atom. The van der Waals surface area contributed by atoms with Crippen molar-refractivity contribution < 1.29 is 14.3 Å². The van der Waals surface area contributed by atoms with E-state index >= 15 is 0 Å². The second-order valence-electron chi connectivity index (χ2n) is 4.94. The van der Waals surface area contributed by atoms with E-state index in [2.05, 4.69) is 5.32 Å². The number of esters is 1. The summed E-state index contributed by atoms with van der Waals surface area (Å²) in [5.41, 5.74) is 2.16. The summed E-state index contributed by atoms with van der Waals surface area (Å²) in [6, 6.07) is 12.4. The number of amides is 1. The molecule has 0 saturated heterocycles. The van der Waals surface area contributed by atoms with Crippen LogP contribution >= 0.6 is 23.2 Å². The molecule has 2 rings (SSSR count). The minimum atomic E-state index is -0.730. The molecular weight excluding hydrogens is 337 g/mol. The Kier molecular flexibility index (Phi) is 6.02. The van der Waals surface area contributed by atoms with Crippen LogP contribution < -0.4 is 5.32 Å². The third kappa shape index (κ3) is 4.98. The van der Waals surface area contributed by atoms with E-state index < -0.39 is 18.5 Å². The Hall–Kier alpha value is -2.04. The van der Waals surface area contributed by atoms with Gasteiger partial charge in [-0.3, -0.25) is 4.79 Å². The zero-order valence-corrected chi connectivity index (χ0v) is 13.9. The van der Waals surface area contributed by atoms with Crippen molar-refractivity contribution >= 4 is 35.1 Å². The number of nitrogens with one attached hydrogen (secondary N) is 1. The first-order valence-electron chi connectivity index (χ1n) is 6.91. The van der Waals surface area contributed by atoms with E-state index in [1.165, 1.54) is 12.1 Å². The van der Waals surface area contributed by atoms with Crippen molar-refractivity contribution in [2.45, 2.75) is 13.5 Å². The number of halogens is 2. The molecule has 1 amide bonds. The van der Waals surface area contributed by atoms with Crippen LogP contribution in [0.5, 0.6) is 0 Å². The molecule has 0 saturated carbocycles. The largest absolute Gasteiger partial charge is 0.452 e. The summed E-state index contributed by atoms with van der Waals surface area (Å²) in [4.78, 5) is 23.7. The average Bonchev–Trinajstić information content (AvgIpc) is 2.52. The van der Waals surface area contributed by atoms with E-state index in [0.29, 0.717) is 6.54 Å². The highest BCUT2D eigenvalue weighted by Crippen LogP contribution is 2.24. The van der Waals surface area contributed by atoms with Crippen LogP contribution in [0.1, 0.15) is 21.5 Å². The van der Waals surface area contributed by atoms with Crippen molar-refractivity contribution in [1.29, 1.82) is 0 Å². The maximum atomic E-state index is 11.9. The Bertz CT molecular complexity index is 694. The third-order valence-corrected chi connectivity index (χ3v) is 3.74. The Morgan fingerprint density at radius 2 is 1.65 bits per heavy atom. The van der Waals surface area contributed by atoms with Gasteiger partial charge >= 0.3 is 5.97 Å². The summed E-state index contributed by atoms with van der Waals surface area (Å²) in [7, 11) is 0. The lowest BCUT2D eigenvalue weighted by Gasteiger charge is -2.08. The second kappa shape index (κ2) is 7.99. The predicted octanol–water partition coefficient (Wildman–Crippen LogP) is 3.78. The fourth-order valence-electron chi connectivity index (χ4n) is 1.85. The van der Waals surface area contributed by atoms with Crippen LogP contribution in [-0.4, -0.2) is 18.5 Å². The van der Waals surface area contributed by atoms with Crippen molar-refractivity contribution in [2.75, 3.05) is 6.61 Å². The second-order valence-corrected chi connectivity index (χ2v) is 5.75. The van der Waals surface area contributed by atoms with Crippen molar-refractivity contribution in [1.82, 2.24) is 5.32 Å². The number of hydrogen-bond acceptors (Lipinski definition) is 3. The van der Waals surface area contributed by atoms with Gasteiger partial charge in [-0.1, -0.05) is 59.1 Å². The van der Waals surface area contributed by atoms with Gasteiger partial charge in [0.15, 0.2) is 6.61 Å². The van der Waals surface area contributed by atoms with Gasteiger partial charge in [-0.25, -0.2) is 4.79 Å². The fraction of sp³-hybridized carbons (Fsp3) is 0.176. The highest BCUT2D eigenvalue weighted by Gasteiger charge is 2.17. The number of ether oxygens (including phenoxy) is 1. The van der Waals surface area contributed by atoms with Gasteiger partial charge in [-0.15, -0.1) is 0 Å². The van der Waals surface area contributed by atoms with E-state index in [-0.39, 0.29) is 15.6 Å². The van der Waals surface area contributed by atoms with E-state index in [1.807, 2.05) is 31.2 Å². The van der Waals surface area contributed by atoms with E-state index in [0.717, 1.165) is 11.1 Å². The lowest BCUT2D eigenvalue weighted by atomic mass is 10.1. The molecule has 0 radical (unpaired) electrons. The van der Waals surface area contributed by atoms with Crippen molar-refractivity contribution in [3.05, 3.63) is 69.2 Å². The molecule has 0 aliphatic rings. The summed E-state index contributed by atoms with van der Waals surface area (Å²) >= 11 is 11.8. The number of benzene rings is 2. The summed E-state index contributed by atoms with van der Waals surface area (Å²) in [5, 5.41) is 3.04. The van der Waals surface area contributed by atoms with Crippen LogP contribution in [0.2, 0.25) is 10.0 Å². The molecule has 4 nitrogen and oxygen atoms in total. The van der Waals surface area contributed by atoms with Crippen LogP contribution in [0.4, 0.5) is 0 Å². The van der Waals surface area contributed by atoms with Gasteiger partial charge in [0.1, 0.15) is 0 Å². The quantitative estimate of drug-likeness (QED) is 0.834. The predicted molar refractivity (Wildman–Crippen MR) is 89.8 cm³/mol. The molecule has 0 spiro atoms. The zero-order valence-electron chi connectivity index (χ0n) is 12.4. The Balaban J connectivity index is 1.84. The van der Waals surface area contributed by atoms with Gasteiger partial charge in [-0.05, 0) is 24.6 Å². The average molecular weight is 352 g/mol. The molecule has 0 unspecified atom stereocenters. The standard InChI is InChI=1S/C17H15Cl2NO3/c1-11-5-7-12(8-6-11)9-20-15(21)10-23-17(22)16-13(18)3-2-4-14(16)19/h2-8H,9-10H2,1H3,(H,20,21). The molecule has 2 aromatic rings. The molecule has 6 heteroatoms. The van der Waals surface area contributed by atoms with Crippen LogP contribution in [0.25, 0.3) is 0 Å². The van der Waals surface area contributed by atoms with Crippen molar-refractivity contribution in [2.24, 2.45) is 0 Å². The first-order chi connectivity index (χ1) is 11.0. The zero-order chi connectivity index (χ0) is 16.8. The number of carbonyl (C=O) groups is 2. The molecule has 23 heavy (non-hydrogen) atoms. The first kappa shape index (κ1) is 17.3. The maximum absolute atomic E-state index is 11.9. The highest BCUT2D eigenvalue weighted by molar-refractivity contribution is 6.39. The molecule has 0 fully saturated rings. The van der Waals surface area contributed by atoms with Crippen LogP contribution in [0, 0.1) is 6.92 Å². The van der Waals surface area contributed by atoms with E-state index in [1.54, 1.807) is 6.07 Å². The third-order valence-electron chi connectivity index (χ3n) is 3.11. The molecule has 2 aromatic carbocycles. The Morgan fingerprint density at radius 1 is 1.04 bits per heavy atom. The minimum absolute atomic E-state index is 0.0576. The van der Waals surface area contributed by atoms with Crippen LogP contribution in [0.15, 0.2) is 42.5 Å². The lowest BCUT2D eigenvalue weighted by molar-refractivity contribution is -0.124. The van der Waals surface area contributed by atoms with Gasteiger partial charge in [0.05, 0.1) is 15.6 Å². The molecule has 120 valence electrons. The number of carbonyl (C=O) groups excluding carboxylic acids is 2. The van der Waals surface area contributed by atoms with Gasteiger partial charge < -0.3 is 10.1 Å². The molecular formula is C17H15Cl2NO3. The lowest BCUT2D eigenvalue weighted by Crippen LogP contribution is -2.28. The summed E-state index contributed by atoms with van der Waals surface area (Å²) < 4.78 is 4.94. The van der Waals surface area contributed by atoms with Crippen LogP contribution in [-0.2, 0) is 16.1 Å². The molecule has 0 heterocycles. The van der Waals surface area contributed by atoms with Crippen molar-refractivity contribution in [3.8, 4) is 0 Å². The van der Waals surface area contributed by atoms with Gasteiger partial charge in [0.25, 0.3) is 5.91 Å². The van der Waals surface area contributed by atoms with Crippen molar-refractivity contribution in [3.63, 3.8) is 0 Å². The molecule has 0 aromatic heterocycles. The fourth-order valence-corrected chi connectivity index (χ4v) is 2.41. The smallest absolute Gasteiger partial charge is 0.341 e. The highest BCUT2D eigenvalue weighted by atomic mass is 35.5. The summed E-state index contributed by atoms with van der Waals surface area (Å²) in [6.07, 6.45) is 0. The number of aryl methyl sites for hydroxylation is 1. The van der Waals surface area contributed by atoms with Gasteiger partial charge in [0, 0.05) is 6.54 Å². The van der Waals surface area contributed by atoms with Gasteiger partial charge in [0.2, 0.25) is 0 Å². The summed E-state index contributed by atoms with van der Waals surface area (Å²) in [5.74, 6) is -1.13. The topological polar surface area (TPSA) is 55.4 Å². The SMILES string of the molecule is Cc1ccc(CNC(=O)COC(=O)c2c(Cl)cccc2Cl)cc1. The Labute approximate surface area is 144 Å². The minimum Gasteiger partial charge on any atom is -0.452 e. The normalized spacial score (nSPS) is 10.2. The molecule has 0 aliphatic heterocycles. The molecule has 0 bridgehead atoms. The number of rotatable bonds is 5. The van der Waals surface area contributed by atoms with E-state index in [9.17, 15) is 9.59 Å². The van der Waals surface area contributed by atoms with E-state index in [4.69, 9.17) is 27.9 Å². The maximum Gasteiger partial charge on any atom is 0.341 e. The number of hydrogen-bond donors (Lipinski definition) is 1. The molecule has 0 atom stereocenters. The first-order valence-corrected chi connectivity index (χ1v) is 7.66.